The number of nitrogens with one attached hydrogen (secondary N) is 2. The van der Waals surface area contributed by atoms with E-state index in [1.165, 1.54) is 54.7 Å². The van der Waals surface area contributed by atoms with Crippen molar-refractivity contribution in [1.29, 1.82) is 0 Å². The number of rotatable bonds is 3. The number of benzene rings is 4. The van der Waals surface area contributed by atoms with E-state index in [1.54, 1.807) is 6.08 Å². The molecule has 0 amide bonds. The zero-order valence-corrected chi connectivity index (χ0v) is 20.2. The molecule has 0 aliphatic heterocycles. The number of aromatic amines is 2. The third-order valence-corrected chi connectivity index (χ3v) is 5.96. The van der Waals surface area contributed by atoms with Gasteiger partial charge in [-0.3, -0.25) is 0 Å². The van der Waals surface area contributed by atoms with Crippen molar-refractivity contribution in [2.45, 2.75) is 27.2 Å². The molecule has 0 unspecified atom stereocenters. The first-order valence-corrected chi connectivity index (χ1v) is 12.0. The molecule has 2 nitrogen and oxygen atoms in total. The Balaban J connectivity index is 0.000000351. The van der Waals surface area contributed by atoms with Crippen LogP contribution < -0.4 is 0 Å². The van der Waals surface area contributed by atoms with Crippen LogP contribution in [0.5, 0.6) is 0 Å². The van der Waals surface area contributed by atoms with Crippen molar-refractivity contribution in [1.82, 2.24) is 9.97 Å². The third-order valence-electron chi connectivity index (χ3n) is 5.96. The summed E-state index contributed by atoms with van der Waals surface area (Å²) in [4.78, 5) is 7.26. The van der Waals surface area contributed by atoms with Gasteiger partial charge >= 0.3 is 0 Å². The lowest BCUT2D eigenvalue weighted by atomic mass is 10.00. The molecule has 0 fully saturated rings. The van der Waals surface area contributed by atoms with Crippen LogP contribution in [-0.4, -0.2) is 9.97 Å². The van der Waals surface area contributed by atoms with Gasteiger partial charge < -0.3 is 9.97 Å². The Morgan fingerprint density at radius 3 is 1.47 bits per heavy atom. The van der Waals surface area contributed by atoms with Gasteiger partial charge in [0.2, 0.25) is 0 Å². The van der Waals surface area contributed by atoms with Gasteiger partial charge in [0.25, 0.3) is 0 Å². The summed E-state index contributed by atoms with van der Waals surface area (Å²) in [6, 6.07) is 30.3. The van der Waals surface area contributed by atoms with Crippen LogP contribution in [0, 0.1) is 0 Å². The van der Waals surface area contributed by atoms with Crippen LogP contribution >= 0.6 is 0 Å². The van der Waals surface area contributed by atoms with Gasteiger partial charge in [0.05, 0.1) is 11.0 Å². The second kappa shape index (κ2) is 10.7. The Kier molecular flexibility index (Phi) is 7.29. The van der Waals surface area contributed by atoms with Crippen molar-refractivity contribution in [3.63, 3.8) is 0 Å². The van der Waals surface area contributed by atoms with Crippen molar-refractivity contribution in [2.75, 3.05) is 0 Å². The molecule has 0 saturated carbocycles. The average molecular weight is 445 g/mol. The van der Waals surface area contributed by atoms with Gasteiger partial charge in [-0.2, -0.15) is 0 Å². The first-order valence-electron chi connectivity index (χ1n) is 12.0. The average Bonchev–Trinajstić information content (AvgIpc) is 3.46. The van der Waals surface area contributed by atoms with E-state index in [0.29, 0.717) is 0 Å². The van der Waals surface area contributed by atoms with Gasteiger partial charge in [-0.15, -0.1) is 0 Å². The van der Waals surface area contributed by atoms with E-state index in [4.69, 9.17) is 0 Å². The molecule has 0 radical (unpaired) electrons. The van der Waals surface area contributed by atoms with Crippen LogP contribution in [0.4, 0.5) is 0 Å². The third kappa shape index (κ3) is 4.40. The molecule has 34 heavy (non-hydrogen) atoms. The van der Waals surface area contributed by atoms with Crippen LogP contribution in [0.2, 0.25) is 0 Å². The topological polar surface area (TPSA) is 31.6 Å². The summed E-state index contributed by atoms with van der Waals surface area (Å²) in [5.74, 6) is 0. The zero-order chi connectivity index (χ0) is 23.9. The number of aromatic nitrogens is 2. The summed E-state index contributed by atoms with van der Waals surface area (Å²) >= 11 is 0. The predicted octanol–water partition coefficient (Wildman–Crippen LogP) is 9.32. The van der Waals surface area contributed by atoms with Crippen molar-refractivity contribution in [2.24, 2.45) is 0 Å². The fourth-order valence-electron chi connectivity index (χ4n) is 4.50. The van der Waals surface area contributed by atoms with Crippen LogP contribution in [0.15, 0.2) is 110 Å². The molecule has 0 bridgehead atoms. The maximum absolute atomic E-state index is 3.63. The number of fused-ring (bicyclic) bond motifs is 6. The van der Waals surface area contributed by atoms with E-state index in [1.807, 2.05) is 32.9 Å². The molecule has 2 N–H and O–H groups in total. The van der Waals surface area contributed by atoms with E-state index >= 15 is 0 Å². The highest BCUT2D eigenvalue weighted by Crippen LogP contribution is 2.32. The lowest BCUT2D eigenvalue weighted by Crippen LogP contribution is -1.91. The SMILES string of the molecule is C=C/C=C\C.CC.c1ccc2c(c1)[nH]c1c(Cc3cccc4c3[nH]c3ccccc34)cccc12. The number of hydrogen-bond donors (Lipinski definition) is 2. The molecular formula is C32H32N2. The molecule has 4 aromatic carbocycles. The zero-order valence-electron chi connectivity index (χ0n) is 20.2. The highest BCUT2D eigenvalue weighted by atomic mass is 14.7. The van der Waals surface area contributed by atoms with E-state index in [2.05, 4.69) is 101 Å². The predicted molar refractivity (Wildman–Crippen MR) is 151 cm³/mol. The largest absolute Gasteiger partial charge is 0.354 e. The Labute approximate surface area is 201 Å². The van der Waals surface area contributed by atoms with Gasteiger partial charge in [0, 0.05) is 39.0 Å². The summed E-state index contributed by atoms with van der Waals surface area (Å²) in [7, 11) is 0. The Bertz CT molecular complexity index is 1470. The molecule has 0 spiro atoms. The van der Waals surface area contributed by atoms with Crippen molar-refractivity contribution < 1.29 is 0 Å². The molecule has 2 heterocycles. The van der Waals surface area contributed by atoms with Gasteiger partial charge in [-0.25, -0.2) is 0 Å². The number of allylic oxidation sites excluding steroid dienone is 3. The molecule has 2 aromatic heterocycles. The lowest BCUT2D eigenvalue weighted by Gasteiger charge is -2.06. The van der Waals surface area contributed by atoms with Crippen LogP contribution in [0.1, 0.15) is 31.9 Å². The van der Waals surface area contributed by atoms with E-state index < -0.39 is 0 Å². The Hall–Kier alpha value is -4.04. The van der Waals surface area contributed by atoms with E-state index in [0.717, 1.165) is 6.42 Å². The minimum Gasteiger partial charge on any atom is -0.354 e. The molecule has 6 rings (SSSR count). The lowest BCUT2D eigenvalue weighted by molar-refractivity contribution is 1.21. The highest BCUT2D eigenvalue weighted by molar-refractivity contribution is 6.09. The van der Waals surface area contributed by atoms with E-state index in [-0.39, 0.29) is 0 Å². The molecule has 170 valence electrons. The maximum Gasteiger partial charge on any atom is 0.0500 e. The normalized spacial score (nSPS) is 10.9. The number of H-pyrrole nitrogens is 2. The molecule has 6 aromatic rings. The first kappa shape index (κ1) is 23.1. The Morgan fingerprint density at radius 2 is 1.06 bits per heavy atom. The van der Waals surface area contributed by atoms with Crippen molar-refractivity contribution >= 4 is 43.6 Å². The minimum atomic E-state index is 0.897. The quantitative estimate of drug-likeness (QED) is 0.255. The number of hydrogen-bond acceptors (Lipinski definition) is 0. The molecule has 0 aliphatic rings. The van der Waals surface area contributed by atoms with Crippen molar-refractivity contribution in [3.05, 3.63) is 121 Å². The van der Waals surface area contributed by atoms with Gasteiger partial charge in [-0.1, -0.05) is 111 Å². The standard InChI is InChI=1S/C25H18N2.C5H8.C2H6/c1-3-13-22-18(9-1)20-11-5-7-16(24(20)26-22)15-17-8-6-12-21-19-10-2-4-14-23(19)27-25(17)21;1-3-5-4-2;1-2/h1-14,26-27H,15H2;3-5H,1H2,2H3;1-2H3/b;5-4-;. The summed E-state index contributed by atoms with van der Waals surface area (Å²) in [5, 5.41) is 5.18. The number of para-hydroxylation sites is 4. The summed E-state index contributed by atoms with van der Waals surface area (Å²) in [5.41, 5.74) is 7.54. The second-order valence-electron chi connectivity index (χ2n) is 7.96. The minimum absolute atomic E-state index is 0.897. The summed E-state index contributed by atoms with van der Waals surface area (Å²) in [6.45, 7) is 9.42. The smallest absolute Gasteiger partial charge is 0.0500 e. The molecule has 0 atom stereocenters. The summed E-state index contributed by atoms with van der Waals surface area (Å²) in [6.07, 6.45) is 6.47. The van der Waals surface area contributed by atoms with Crippen molar-refractivity contribution in [3.8, 4) is 0 Å². The monoisotopic (exact) mass is 444 g/mol. The molecule has 0 saturated heterocycles. The Morgan fingerprint density at radius 1 is 0.618 bits per heavy atom. The van der Waals surface area contributed by atoms with Gasteiger partial charge in [0.15, 0.2) is 0 Å². The van der Waals surface area contributed by atoms with Gasteiger partial charge in [0.1, 0.15) is 0 Å². The molecule has 0 aliphatic carbocycles. The fourth-order valence-corrected chi connectivity index (χ4v) is 4.50. The van der Waals surface area contributed by atoms with Gasteiger partial charge in [-0.05, 0) is 30.2 Å². The molecule has 2 heteroatoms. The van der Waals surface area contributed by atoms with Crippen LogP contribution in [0.25, 0.3) is 43.6 Å². The van der Waals surface area contributed by atoms with Crippen LogP contribution in [-0.2, 0) is 6.42 Å². The maximum atomic E-state index is 3.63. The summed E-state index contributed by atoms with van der Waals surface area (Å²) < 4.78 is 0. The fraction of sp³-hybridized carbons (Fsp3) is 0.125. The first-order chi connectivity index (χ1) is 16.8. The second-order valence-corrected chi connectivity index (χ2v) is 7.96. The van der Waals surface area contributed by atoms with Crippen LogP contribution in [0.3, 0.4) is 0 Å². The molecular weight excluding hydrogens is 412 g/mol. The highest BCUT2D eigenvalue weighted by Gasteiger charge is 2.11. The van der Waals surface area contributed by atoms with E-state index in [9.17, 15) is 0 Å².